The van der Waals surface area contributed by atoms with E-state index in [0.717, 1.165) is 37.2 Å². The lowest BCUT2D eigenvalue weighted by Crippen LogP contribution is -1.91. The number of hydrogen-bond donors (Lipinski definition) is 0. The predicted octanol–water partition coefficient (Wildman–Crippen LogP) is 4.22. The average molecular weight is 286 g/mol. The van der Waals surface area contributed by atoms with Crippen LogP contribution in [0.2, 0.25) is 0 Å². The summed E-state index contributed by atoms with van der Waals surface area (Å²) in [6.45, 7) is 3.70. The van der Waals surface area contributed by atoms with E-state index in [0.29, 0.717) is 0 Å². The zero-order valence-electron chi connectivity index (χ0n) is 11.2. The fourth-order valence-corrected chi connectivity index (χ4v) is 2.84. The lowest BCUT2D eigenvalue weighted by molar-refractivity contribution is -0.107. The molecule has 18 heavy (non-hydrogen) atoms. The Kier molecular flexibility index (Phi) is 12.6. The van der Waals surface area contributed by atoms with Gasteiger partial charge in [-0.15, -0.1) is 0 Å². The van der Waals surface area contributed by atoms with Gasteiger partial charge in [0.25, 0.3) is 0 Å². The molecule has 0 aliphatic rings. The number of hydrogen-bond acceptors (Lipinski definition) is 4. The van der Waals surface area contributed by atoms with Crippen molar-refractivity contribution in [2.45, 2.75) is 39.5 Å². The van der Waals surface area contributed by atoms with Crippen molar-refractivity contribution < 1.29 is 9.59 Å². The fourth-order valence-electron chi connectivity index (χ4n) is 1.27. The predicted molar refractivity (Wildman–Crippen MR) is 83.0 cm³/mol. The van der Waals surface area contributed by atoms with Crippen molar-refractivity contribution in [2.24, 2.45) is 0 Å². The molecule has 4 heteroatoms. The molecule has 0 rings (SSSR count). The van der Waals surface area contributed by atoms with Crippen molar-refractivity contribution >= 4 is 33.8 Å². The molecule has 0 bridgehead atoms. The average Bonchev–Trinajstić information content (AvgIpc) is 2.33. The second-order valence-electron chi connectivity index (χ2n) is 3.75. The zero-order valence-corrected chi connectivity index (χ0v) is 12.8. The molecule has 0 amide bonds. The molecule has 102 valence electrons. The highest BCUT2D eigenvalue weighted by Gasteiger charge is 1.98. The van der Waals surface area contributed by atoms with Gasteiger partial charge < -0.3 is 0 Å². The Morgan fingerprint density at radius 2 is 1.17 bits per heavy atom. The maximum absolute atomic E-state index is 11.1. The molecule has 0 saturated carbocycles. The standard InChI is InChI=1S/C14H22O2S2/c1-3-9-13(15)17-11-7-5-6-8-12-18-14(16)10-4-2/h3-4,9-10H,5-8,11-12H2,1-2H3. The van der Waals surface area contributed by atoms with Gasteiger partial charge in [0.15, 0.2) is 0 Å². The number of thioether (sulfide) groups is 2. The van der Waals surface area contributed by atoms with Crippen LogP contribution in [0.5, 0.6) is 0 Å². The van der Waals surface area contributed by atoms with Gasteiger partial charge in [0.2, 0.25) is 10.2 Å². The summed E-state index contributed by atoms with van der Waals surface area (Å²) < 4.78 is 0. The van der Waals surface area contributed by atoms with E-state index >= 15 is 0 Å². The quantitative estimate of drug-likeness (QED) is 0.469. The van der Waals surface area contributed by atoms with E-state index in [1.165, 1.54) is 23.5 Å². The van der Waals surface area contributed by atoms with E-state index in [4.69, 9.17) is 0 Å². The molecule has 0 aliphatic heterocycles. The Morgan fingerprint density at radius 3 is 1.50 bits per heavy atom. The summed E-state index contributed by atoms with van der Waals surface area (Å²) in [6, 6.07) is 0. The first-order valence-corrected chi connectivity index (χ1v) is 8.26. The van der Waals surface area contributed by atoms with E-state index in [1.54, 1.807) is 24.3 Å². The van der Waals surface area contributed by atoms with Gasteiger partial charge in [0, 0.05) is 11.5 Å². The van der Waals surface area contributed by atoms with E-state index in [1.807, 2.05) is 13.8 Å². The van der Waals surface area contributed by atoms with Crippen LogP contribution in [0, 0.1) is 0 Å². The highest BCUT2D eigenvalue weighted by molar-refractivity contribution is 8.14. The monoisotopic (exact) mass is 286 g/mol. The molecule has 0 aromatic heterocycles. The van der Waals surface area contributed by atoms with Crippen molar-refractivity contribution in [1.82, 2.24) is 0 Å². The minimum atomic E-state index is 0.144. The highest BCUT2D eigenvalue weighted by atomic mass is 32.2. The second-order valence-corrected chi connectivity index (χ2v) is 5.95. The Morgan fingerprint density at radius 1 is 0.778 bits per heavy atom. The molecule has 0 N–H and O–H groups in total. The van der Waals surface area contributed by atoms with Crippen molar-refractivity contribution in [3.63, 3.8) is 0 Å². The van der Waals surface area contributed by atoms with Gasteiger partial charge in [-0.3, -0.25) is 9.59 Å². The summed E-state index contributed by atoms with van der Waals surface area (Å²) in [5.74, 6) is 1.79. The zero-order chi connectivity index (χ0) is 13.6. The normalized spacial score (nSPS) is 11.4. The van der Waals surface area contributed by atoms with Gasteiger partial charge in [0.1, 0.15) is 0 Å². The Hall–Kier alpha value is -0.480. The van der Waals surface area contributed by atoms with Crippen LogP contribution in [0.4, 0.5) is 0 Å². The molecule has 2 nitrogen and oxygen atoms in total. The van der Waals surface area contributed by atoms with Crippen molar-refractivity contribution in [3.8, 4) is 0 Å². The Bertz CT molecular complexity index is 266. The van der Waals surface area contributed by atoms with E-state index in [9.17, 15) is 9.59 Å². The Labute approximate surface area is 119 Å². The number of carbonyl (C=O) groups is 2. The van der Waals surface area contributed by atoms with Crippen LogP contribution in [0.1, 0.15) is 39.5 Å². The first-order chi connectivity index (χ1) is 8.70. The minimum absolute atomic E-state index is 0.144. The molecule has 0 aromatic carbocycles. The summed E-state index contributed by atoms with van der Waals surface area (Å²) in [5, 5.41) is 0.287. The molecule has 0 radical (unpaired) electrons. The van der Waals surface area contributed by atoms with Crippen LogP contribution in [0.25, 0.3) is 0 Å². The third-order valence-corrected chi connectivity index (χ3v) is 3.96. The summed E-state index contributed by atoms with van der Waals surface area (Å²) in [7, 11) is 0. The van der Waals surface area contributed by atoms with Crippen LogP contribution in [0.3, 0.4) is 0 Å². The van der Waals surface area contributed by atoms with E-state index in [-0.39, 0.29) is 10.2 Å². The van der Waals surface area contributed by atoms with Gasteiger partial charge in [-0.1, -0.05) is 48.5 Å². The highest BCUT2D eigenvalue weighted by Crippen LogP contribution is 2.12. The Balaban J connectivity index is 3.26. The topological polar surface area (TPSA) is 34.1 Å². The molecule has 0 aromatic rings. The van der Waals surface area contributed by atoms with E-state index in [2.05, 4.69) is 0 Å². The number of allylic oxidation sites excluding steroid dienone is 2. The maximum Gasteiger partial charge on any atom is 0.211 e. The molecular weight excluding hydrogens is 264 g/mol. The third-order valence-electron chi connectivity index (χ3n) is 2.13. The van der Waals surface area contributed by atoms with Crippen molar-refractivity contribution in [3.05, 3.63) is 24.3 Å². The van der Waals surface area contributed by atoms with Crippen molar-refractivity contribution in [1.29, 1.82) is 0 Å². The number of unbranched alkanes of at least 4 members (excludes halogenated alkanes) is 3. The second kappa shape index (κ2) is 13.0. The van der Waals surface area contributed by atoms with E-state index < -0.39 is 0 Å². The summed E-state index contributed by atoms with van der Waals surface area (Å²) in [4.78, 5) is 22.3. The smallest absolute Gasteiger partial charge is 0.211 e. The van der Waals surface area contributed by atoms with Crippen LogP contribution < -0.4 is 0 Å². The molecule has 0 aliphatic carbocycles. The molecule has 0 atom stereocenters. The van der Waals surface area contributed by atoms with Gasteiger partial charge in [-0.2, -0.15) is 0 Å². The largest absolute Gasteiger partial charge is 0.282 e. The molecule has 0 heterocycles. The lowest BCUT2D eigenvalue weighted by Gasteiger charge is -1.99. The first kappa shape index (κ1) is 17.5. The van der Waals surface area contributed by atoms with Crippen molar-refractivity contribution in [2.75, 3.05) is 11.5 Å². The summed E-state index contributed by atoms with van der Waals surface area (Å²) in [6.07, 6.45) is 11.2. The minimum Gasteiger partial charge on any atom is -0.282 e. The fraction of sp³-hybridized carbons (Fsp3) is 0.571. The molecule has 0 fully saturated rings. The SMILES string of the molecule is CC=CC(=O)SCCCCCCSC(=O)C=CC. The summed E-state index contributed by atoms with van der Waals surface area (Å²) >= 11 is 2.76. The molecule has 0 unspecified atom stereocenters. The van der Waals surface area contributed by atoms with Gasteiger partial charge >= 0.3 is 0 Å². The van der Waals surface area contributed by atoms with Gasteiger partial charge in [-0.25, -0.2) is 0 Å². The first-order valence-electron chi connectivity index (χ1n) is 6.29. The third kappa shape index (κ3) is 12.0. The molecule has 0 spiro atoms. The summed E-state index contributed by atoms with van der Waals surface area (Å²) in [5.41, 5.74) is 0. The van der Waals surface area contributed by atoms with Crippen LogP contribution in [-0.2, 0) is 9.59 Å². The van der Waals surface area contributed by atoms with Crippen LogP contribution >= 0.6 is 23.5 Å². The number of rotatable bonds is 9. The van der Waals surface area contributed by atoms with Crippen LogP contribution in [-0.4, -0.2) is 21.7 Å². The van der Waals surface area contributed by atoms with Gasteiger partial charge in [-0.05, 0) is 38.8 Å². The van der Waals surface area contributed by atoms with Crippen LogP contribution in [0.15, 0.2) is 24.3 Å². The maximum atomic E-state index is 11.1. The number of carbonyl (C=O) groups excluding carboxylic acids is 2. The molecule has 0 saturated heterocycles. The lowest BCUT2D eigenvalue weighted by atomic mass is 10.2. The van der Waals surface area contributed by atoms with Gasteiger partial charge in [0.05, 0.1) is 0 Å². The molecular formula is C14H22O2S2.